The molecule has 0 aromatic heterocycles. The van der Waals surface area contributed by atoms with Gasteiger partial charge >= 0.3 is 33.5 Å². The number of fused-ring (bicyclic) bond motifs is 5. The zero-order valence-corrected chi connectivity index (χ0v) is 30.5. The summed E-state index contributed by atoms with van der Waals surface area (Å²) in [6.45, 7) is 7.21. The molecule has 0 saturated heterocycles. The molecule has 4 aliphatic carbocycles. The number of carbonyl (C=O) groups is 5. The van der Waals surface area contributed by atoms with Gasteiger partial charge in [0.1, 0.15) is 18.3 Å². The molecule has 0 aromatic rings. The van der Waals surface area contributed by atoms with Crippen LogP contribution in [0.2, 0.25) is 0 Å². The van der Waals surface area contributed by atoms with E-state index >= 15 is 0 Å². The molecule has 0 amide bonds. The SMILES string of the molecule is C[C@H](CCC(=O)OCCCC(=O)OC(C(F)(F)F)C(F)(F)S(=O)(=O)O)[C@H]1CC[C@H]2[C@@H]3C(OC=O)C[C@@H]4CC(OC=O)CC[C@]4(C)[C@H]3CC(OC=O)[C@]12C. The van der Waals surface area contributed by atoms with Crippen molar-refractivity contribution in [1.82, 2.24) is 0 Å². The molecule has 4 unspecified atom stereocenters. The lowest BCUT2D eigenvalue weighted by Crippen LogP contribution is -2.63. The first-order chi connectivity index (χ1) is 24.7. The number of hydrogen-bond acceptors (Lipinski definition) is 12. The van der Waals surface area contributed by atoms with Crippen LogP contribution in [-0.4, -0.2) is 86.8 Å². The summed E-state index contributed by atoms with van der Waals surface area (Å²) < 4.78 is 122. The van der Waals surface area contributed by atoms with Crippen molar-refractivity contribution in [1.29, 1.82) is 0 Å². The maximum atomic E-state index is 13.7. The Balaban J connectivity index is 1.36. The molecule has 1 N–H and O–H groups in total. The Hall–Kier alpha value is -3.09. The number of rotatable bonds is 17. The zero-order chi connectivity index (χ0) is 39.6. The molecule has 0 aliphatic heterocycles. The van der Waals surface area contributed by atoms with E-state index in [0.717, 1.165) is 19.3 Å². The van der Waals surface area contributed by atoms with Gasteiger partial charge in [-0.25, -0.2) is 0 Å². The summed E-state index contributed by atoms with van der Waals surface area (Å²) in [6.07, 6.45) is -7.79. The van der Waals surface area contributed by atoms with E-state index in [1.54, 1.807) is 0 Å². The monoisotopic (exact) mass is 790 g/mol. The van der Waals surface area contributed by atoms with Crippen molar-refractivity contribution in [2.75, 3.05) is 6.61 Å². The first-order valence-electron chi connectivity index (χ1n) is 17.7. The highest BCUT2D eigenvalue weighted by atomic mass is 32.2. The molecule has 13 nitrogen and oxygen atoms in total. The predicted molar refractivity (Wildman–Crippen MR) is 170 cm³/mol. The van der Waals surface area contributed by atoms with Crippen molar-refractivity contribution >= 4 is 41.5 Å². The van der Waals surface area contributed by atoms with Gasteiger partial charge in [-0.15, -0.1) is 0 Å². The fourth-order valence-corrected chi connectivity index (χ4v) is 10.9. The summed E-state index contributed by atoms with van der Waals surface area (Å²) in [7, 11) is -6.58. The van der Waals surface area contributed by atoms with Gasteiger partial charge in [0, 0.05) is 24.2 Å². The van der Waals surface area contributed by atoms with Crippen molar-refractivity contribution in [3.63, 3.8) is 0 Å². The quantitative estimate of drug-likeness (QED) is 0.0508. The third kappa shape index (κ3) is 8.59. The normalized spacial score (nSPS) is 35.3. The Kier molecular flexibility index (Phi) is 13.1. The Labute approximate surface area is 304 Å². The van der Waals surface area contributed by atoms with E-state index in [1.165, 1.54) is 0 Å². The first-order valence-corrected chi connectivity index (χ1v) is 19.1. The van der Waals surface area contributed by atoms with E-state index in [2.05, 4.69) is 18.6 Å². The van der Waals surface area contributed by atoms with Gasteiger partial charge in [0.05, 0.1) is 6.61 Å². The molecule has 19 heteroatoms. The van der Waals surface area contributed by atoms with Crippen molar-refractivity contribution in [3.05, 3.63) is 0 Å². The van der Waals surface area contributed by atoms with Gasteiger partial charge in [-0.1, -0.05) is 20.8 Å². The highest BCUT2D eigenvalue weighted by Crippen LogP contribution is 2.69. The van der Waals surface area contributed by atoms with Crippen molar-refractivity contribution < 1.29 is 82.6 Å². The van der Waals surface area contributed by atoms with Gasteiger partial charge in [-0.05, 0) is 92.8 Å². The Morgan fingerprint density at radius 2 is 1.55 bits per heavy atom. The third-order valence-electron chi connectivity index (χ3n) is 12.9. The smallest absolute Gasteiger partial charge is 0.432 e. The predicted octanol–water partition coefficient (Wildman–Crippen LogP) is 5.18. The summed E-state index contributed by atoms with van der Waals surface area (Å²) in [5.41, 5.74) is -0.699. The molecular formula is C34H47F5O13S. The van der Waals surface area contributed by atoms with E-state index in [0.29, 0.717) is 51.5 Å². The minimum absolute atomic E-state index is 0.0115. The molecule has 0 heterocycles. The van der Waals surface area contributed by atoms with Crippen LogP contribution in [0.1, 0.15) is 91.4 Å². The van der Waals surface area contributed by atoms with Crippen molar-refractivity contribution in [2.45, 2.75) is 127 Å². The minimum Gasteiger partial charge on any atom is -0.466 e. The summed E-state index contributed by atoms with van der Waals surface area (Å²) in [5, 5.41) is -5.85. The molecule has 4 rings (SSSR count). The molecule has 4 aliphatic rings. The Morgan fingerprint density at radius 1 is 0.887 bits per heavy atom. The van der Waals surface area contributed by atoms with Crippen LogP contribution in [0, 0.1) is 46.3 Å². The second-order valence-corrected chi connectivity index (χ2v) is 16.9. The van der Waals surface area contributed by atoms with Crippen LogP contribution in [0.15, 0.2) is 0 Å². The van der Waals surface area contributed by atoms with Crippen LogP contribution in [0.4, 0.5) is 22.0 Å². The maximum Gasteiger partial charge on any atom is 0.432 e. The second kappa shape index (κ2) is 16.3. The number of ether oxygens (including phenoxy) is 5. The Morgan fingerprint density at radius 3 is 2.15 bits per heavy atom. The number of carbonyl (C=O) groups excluding carboxylic acids is 5. The molecule has 302 valence electrons. The van der Waals surface area contributed by atoms with E-state index in [4.69, 9.17) is 23.5 Å². The van der Waals surface area contributed by atoms with Crippen LogP contribution in [0.5, 0.6) is 0 Å². The highest BCUT2D eigenvalue weighted by molar-refractivity contribution is 7.86. The molecule has 4 fully saturated rings. The van der Waals surface area contributed by atoms with Gasteiger partial charge in [-0.3, -0.25) is 28.5 Å². The average Bonchev–Trinajstić information content (AvgIpc) is 3.42. The number of alkyl halides is 5. The number of hydrogen-bond donors (Lipinski definition) is 1. The standard InChI is InChI=1S/C34H47F5O13S/c1-19(6-9-27(43)48-12-4-5-28(44)52-30(33(35,36)37)34(38,39)53(45,46)47)22-7-8-23-29-24(15-26(51-18-42)32(22,23)3)31(2)11-10-21(49-16-40)13-20(31)14-25(29)50-17-41/h16-26,29-30H,4-15H2,1-3H3,(H,45,46,47)/t19-,20+,21?,22-,23+,24+,25?,26?,29+,30?,31+,32-/m1/s1. The molecule has 0 spiro atoms. The lowest BCUT2D eigenvalue weighted by atomic mass is 9.43. The number of halogens is 5. The largest absolute Gasteiger partial charge is 0.466 e. The van der Waals surface area contributed by atoms with Crippen LogP contribution < -0.4 is 0 Å². The fraction of sp³-hybridized carbons (Fsp3) is 0.853. The first kappa shape index (κ1) is 42.6. The molecular weight excluding hydrogens is 743 g/mol. The van der Waals surface area contributed by atoms with Gasteiger partial charge in [0.15, 0.2) is 0 Å². The Bertz CT molecular complexity index is 1460. The van der Waals surface area contributed by atoms with Crippen LogP contribution in [0.3, 0.4) is 0 Å². The second-order valence-electron chi connectivity index (χ2n) is 15.4. The molecule has 0 bridgehead atoms. The van der Waals surface area contributed by atoms with E-state index < -0.39 is 70.6 Å². The summed E-state index contributed by atoms with van der Waals surface area (Å²) in [4.78, 5) is 59.2. The van der Waals surface area contributed by atoms with Gasteiger partial charge in [0.25, 0.3) is 25.5 Å². The van der Waals surface area contributed by atoms with E-state index in [9.17, 15) is 54.3 Å². The van der Waals surface area contributed by atoms with E-state index in [-0.39, 0.29) is 59.6 Å². The molecule has 0 radical (unpaired) electrons. The minimum atomic E-state index is -6.58. The van der Waals surface area contributed by atoms with Gasteiger partial charge in [-0.2, -0.15) is 30.4 Å². The van der Waals surface area contributed by atoms with Crippen LogP contribution in [-0.2, 0) is 57.8 Å². The van der Waals surface area contributed by atoms with E-state index in [1.807, 2.05) is 6.92 Å². The topological polar surface area (TPSA) is 186 Å². The molecule has 0 aromatic carbocycles. The van der Waals surface area contributed by atoms with Crippen LogP contribution >= 0.6 is 0 Å². The third-order valence-corrected chi connectivity index (χ3v) is 13.8. The molecule has 53 heavy (non-hydrogen) atoms. The molecule has 12 atom stereocenters. The van der Waals surface area contributed by atoms with Gasteiger partial charge < -0.3 is 23.7 Å². The number of esters is 2. The summed E-state index contributed by atoms with van der Waals surface area (Å²) >= 11 is 0. The lowest BCUT2D eigenvalue weighted by molar-refractivity contribution is -0.259. The maximum absolute atomic E-state index is 13.7. The zero-order valence-electron chi connectivity index (χ0n) is 29.6. The summed E-state index contributed by atoms with van der Waals surface area (Å²) in [6, 6.07) is 0. The summed E-state index contributed by atoms with van der Waals surface area (Å²) in [5.74, 6) is -2.46. The lowest BCUT2D eigenvalue weighted by Gasteiger charge is -2.64. The molecule has 4 saturated carbocycles. The van der Waals surface area contributed by atoms with Gasteiger partial charge in [0.2, 0.25) is 0 Å². The van der Waals surface area contributed by atoms with Crippen molar-refractivity contribution in [2.24, 2.45) is 46.3 Å². The van der Waals surface area contributed by atoms with Crippen molar-refractivity contribution in [3.8, 4) is 0 Å². The average molecular weight is 791 g/mol. The van der Waals surface area contributed by atoms with Crippen LogP contribution in [0.25, 0.3) is 0 Å². The highest BCUT2D eigenvalue weighted by Gasteiger charge is 2.68. The fourth-order valence-electron chi connectivity index (χ4n) is 10.4.